The monoisotopic (exact) mass is 463 g/mol. The van der Waals surface area contributed by atoms with E-state index in [1.54, 1.807) is 0 Å². The summed E-state index contributed by atoms with van der Waals surface area (Å²) >= 11 is 0. The number of aromatic nitrogens is 1. The van der Waals surface area contributed by atoms with Gasteiger partial charge in [0.15, 0.2) is 5.82 Å². The molecule has 1 saturated heterocycles. The number of nitrogens with zero attached hydrogens (tertiary/aromatic N) is 2. The Kier molecular flexibility index (Phi) is 5.52. The lowest BCUT2D eigenvalue weighted by atomic mass is 10.1. The maximum Gasteiger partial charge on any atom is 0.352 e. The Labute approximate surface area is 184 Å². The molecule has 1 aliphatic carbocycles. The Morgan fingerprint density at radius 2 is 1.82 bits per heavy atom. The van der Waals surface area contributed by atoms with Crippen molar-refractivity contribution in [2.75, 3.05) is 18.0 Å². The van der Waals surface area contributed by atoms with Gasteiger partial charge in [0.25, 0.3) is 0 Å². The van der Waals surface area contributed by atoms with Gasteiger partial charge in [0, 0.05) is 31.4 Å². The average Bonchev–Trinajstić information content (AvgIpc) is 3.47. The molecule has 33 heavy (non-hydrogen) atoms. The first-order chi connectivity index (χ1) is 15.6. The van der Waals surface area contributed by atoms with Crippen molar-refractivity contribution in [3.8, 4) is 0 Å². The van der Waals surface area contributed by atoms with E-state index < -0.39 is 58.0 Å². The number of pyridine rings is 1. The highest BCUT2D eigenvalue weighted by Gasteiger charge is 2.33. The molecule has 4 rings (SSSR count). The second kappa shape index (κ2) is 8.19. The van der Waals surface area contributed by atoms with Gasteiger partial charge in [0.2, 0.25) is 5.43 Å². The number of hydrogen-bond donors (Lipinski definition) is 4. The minimum absolute atomic E-state index is 0.0234. The molecule has 0 amide bonds. The summed E-state index contributed by atoms with van der Waals surface area (Å²) in [6.45, 7) is 0.113. The van der Waals surface area contributed by atoms with Crippen LogP contribution in [0.5, 0.6) is 0 Å². The number of halogens is 2. The van der Waals surface area contributed by atoms with E-state index in [1.165, 1.54) is 9.47 Å². The Balaban J connectivity index is 1.74. The van der Waals surface area contributed by atoms with Crippen molar-refractivity contribution in [1.82, 2.24) is 9.88 Å². The lowest BCUT2D eigenvalue weighted by Gasteiger charge is -2.23. The predicted molar refractivity (Wildman–Crippen MR) is 110 cm³/mol. The van der Waals surface area contributed by atoms with Crippen molar-refractivity contribution >= 4 is 34.5 Å². The third-order valence-electron chi connectivity index (χ3n) is 5.72. The molecule has 2 aromatic rings. The molecule has 2 heterocycles. The number of nitrogens with one attached hydrogen (secondary N) is 1. The summed E-state index contributed by atoms with van der Waals surface area (Å²) in [6, 6.07) is 0.0299. The number of hydrogen-bond acceptors (Lipinski definition) is 6. The zero-order valence-electron chi connectivity index (χ0n) is 17.0. The lowest BCUT2D eigenvalue weighted by Crippen LogP contribution is -2.35. The van der Waals surface area contributed by atoms with Crippen molar-refractivity contribution in [3.05, 3.63) is 51.5 Å². The van der Waals surface area contributed by atoms with Gasteiger partial charge in [-0.15, -0.1) is 0 Å². The van der Waals surface area contributed by atoms with E-state index in [-0.39, 0.29) is 36.5 Å². The smallest absolute Gasteiger partial charge is 0.352 e. The standard InChI is InChI=1S/C21H19F2N3O7/c22-13-5-11-17(26(10-1-2-10)8-12(19(11)29)20(30)31)16(23)18(13)25-4-3-9(7-25)24-14(21(32)33)6-15(27)28/h5-6,8-10,24H,1-4,7H2,(H,27,28)(H,30,31)(H,32,33)/b14-6-. The SMILES string of the molecule is O=C(O)/C=C(\NC1CCN(c2c(F)cc3c(=O)c(C(=O)O)cn(C4CC4)c3c2F)C1)C(=O)O. The van der Waals surface area contributed by atoms with Crippen LogP contribution in [0.4, 0.5) is 14.5 Å². The van der Waals surface area contributed by atoms with Crippen LogP contribution in [0.25, 0.3) is 10.9 Å². The molecule has 0 spiro atoms. The number of carboxylic acids is 3. The first-order valence-electron chi connectivity index (χ1n) is 10.1. The number of carboxylic acid groups (broad SMARTS) is 3. The third kappa shape index (κ3) is 4.11. The van der Waals surface area contributed by atoms with Crippen LogP contribution in [0.15, 0.2) is 28.8 Å². The largest absolute Gasteiger partial charge is 0.478 e. The molecule has 0 bridgehead atoms. The fourth-order valence-corrected chi connectivity index (χ4v) is 4.10. The quantitative estimate of drug-likeness (QED) is 0.449. The predicted octanol–water partition coefficient (Wildman–Crippen LogP) is 1.53. The maximum atomic E-state index is 15.6. The number of carbonyl (C=O) groups is 3. The number of rotatable bonds is 7. The van der Waals surface area contributed by atoms with E-state index in [1.807, 2.05) is 0 Å². The van der Waals surface area contributed by atoms with Crippen molar-refractivity contribution in [2.45, 2.75) is 31.3 Å². The second-order valence-corrected chi connectivity index (χ2v) is 8.01. The first-order valence-corrected chi connectivity index (χ1v) is 10.1. The summed E-state index contributed by atoms with van der Waals surface area (Å²) in [5, 5.41) is 29.5. The van der Waals surface area contributed by atoms with Crippen LogP contribution in [0.3, 0.4) is 0 Å². The molecular weight excluding hydrogens is 444 g/mol. The molecule has 1 atom stereocenters. The molecule has 4 N–H and O–H groups in total. The number of aromatic carboxylic acids is 1. The topological polar surface area (TPSA) is 149 Å². The summed E-state index contributed by atoms with van der Waals surface area (Å²) in [5.41, 5.74) is -2.71. The average molecular weight is 463 g/mol. The molecule has 174 valence electrons. The number of aliphatic carboxylic acids is 2. The number of anilines is 1. The molecule has 10 nitrogen and oxygen atoms in total. The van der Waals surface area contributed by atoms with E-state index in [0.29, 0.717) is 18.9 Å². The highest BCUT2D eigenvalue weighted by Crippen LogP contribution is 2.40. The van der Waals surface area contributed by atoms with Crippen LogP contribution in [-0.4, -0.2) is 56.9 Å². The van der Waals surface area contributed by atoms with Crippen LogP contribution >= 0.6 is 0 Å². The first kappa shape index (κ1) is 22.2. The van der Waals surface area contributed by atoms with Gasteiger partial charge in [-0.1, -0.05) is 0 Å². The Hall–Kier alpha value is -3.96. The molecule has 12 heteroatoms. The minimum atomic E-state index is -1.49. The minimum Gasteiger partial charge on any atom is -0.478 e. The Bertz CT molecular complexity index is 1280. The second-order valence-electron chi connectivity index (χ2n) is 8.01. The molecule has 1 aliphatic heterocycles. The fourth-order valence-electron chi connectivity index (χ4n) is 4.10. The van der Waals surface area contributed by atoms with Gasteiger partial charge in [-0.2, -0.15) is 0 Å². The van der Waals surface area contributed by atoms with Crippen molar-refractivity contribution < 1.29 is 38.5 Å². The van der Waals surface area contributed by atoms with Gasteiger partial charge in [-0.25, -0.2) is 23.2 Å². The summed E-state index contributed by atoms with van der Waals surface area (Å²) < 4.78 is 32.0. The van der Waals surface area contributed by atoms with Gasteiger partial charge in [0.1, 0.15) is 22.8 Å². The normalized spacial score (nSPS) is 18.5. The number of benzene rings is 1. The van der Waals surface area contributed by atoms with Crippen molar-refractivity contribution in [1.29, 1.82) is 0 Å². The van der Waals surface area contributed by atoms with Crippen LogP contribution in [0, 0.1) is 11.6 Å². The molecule has 2 aliphatic rings. The van der Waals surface area contributed by atoms with Crippen LogP contribution in [-0.2, 0) is 9.59 Å². The molecule has 1 saturated carbocycles. The summed E-state index contributed by atoms with van der Waals surface area (Å²) in [6.07, 6.45) is 3.17. The maximum absolute atomic E-state index is 15.6. The van der Waals surface area contributed by atoms with E-state index >= 15 is 8.78 Å². The summed E-state index contributed by atoms with van der Waals surface area (Å²) in [7, 11) is 0. The van der Waals surface area contributed by atoms with Crippen molar-refractivity contribution in [3.63, 3.8) is 0 Å². The van der Waals surface area contributed by atoms with Gasteiger partial charge >= 0.3 is 17.9 Å². The highest BCUT2D eigenvalue weighted by molar-refractivity contribution is 5.95. The Morgan fingerprint density at radius 3 is 2.39 bits per heavy atom. The van der Waals surface area contributed by atoms with E-state index in [4.69, 9.17) is 10.2 Å². The fraction of sp³-hybridized carbons (Fsp3) is 0.333. The Morgan fingerprint density at radius 1 is 1.12 bits per heavy atom. The zero-order valence-corrected chi connectivity index (χ0v) is 17.0. The molecular formula is C21H19F2N3O7. The zero-order chi connectivity index (χ0) is 24.0. The van der Waals surface area contributed by atoms with E-state index in [9.17, 15) is 24.3 Å². The molecule has 1 aromatic heterocycles. The van der Waals surface area contributed by atoms with E-state index in [0.717, 1.165) is 12.3 Å². The summed E-state index contributed by atoms with van der Waals surface area (Å²) in [5.74, 6) is -6.49. The molecule has 0 radical (unpaired) electrons. The van der Waals surface area contributed by atoms with Gasteiger partial charge in [0.05, 0.1) is 17.0 Å². The van der Waals surface area contributed by atoms with Crippen LogP contribution in [0.2, 0.25) is 0 Å². The summed E-state index contributed by atoms with van der Waals surface area (Å²) in [4.78, 5) is 47.4. The van der Waals surface area contributed by atoms with Gasteiger partial charge in [-0.05, 0) is 25.3 Å². The molecule has 2 fully saturated rings. The third-order valence-corrected chi connectivity index (χ3v) is 5.72. The molecule has 1 unspecified atom stereocenters. The number of fused-ring (bicyclic) bond motifs is 1. The van der Waals surface area contributed by atoms with E-state index in [2.05, 4.69) is 5.32 Å². The van der Waals surface area contributed by atoms with Crippen molar-refractivity contribution in [2.24, 2.45) is 0 Å². The van der Waals surface area contributed by atoms with Gasteiger partial charge < -0.3 is 30.1 Å². The lowest BCUT2D eigenvalue weighted by molar-refractivity contribution is -0.135. The highest BCUT2D eigenvalue weighted by atomic mass is 19.1. The van der Waals surface area contributed by atoms with Crippen LogP contribution in [0.1, 0.15) is 35.7 Å². The molecule has 1 aromatic carbocycles. The van der Waals surface area contributed by atoms with Crippen LogP contribution < -0.4 is 15.6 Å². The van der Waals surface area contributed by atoms with Gasteiger partial charge in [-0.3, -0.25) is 4.79 Å².